The van der Waals surface area contributed by atoms with Gasteiger partial charge in [-0.2, -0.15) is 8.42 Å². The van der Waals surface area contributed by atoms with E-state index in [2.05, 4.69) is 15.1 Å². The molecule has 14 nitrogen and oxygen atoms in total. The first-order valence-corrected chi connectivity index (χ1v) is 17.5. The summed E-state index contributed by atoms with van der Waals surface area (Å²) in [7, 11) is -9.55. The third-order valence-electron chi connectivity index (χ3n) is 7.55. The molecule has 2 rings (SSSR count). The third kappa shape index (κ3) is 9.54. The Morgan fingerprint density at radius 2 is 1.87 bits per heavy atom. The molecule has 0 saturated heterocycles. The van der Waals surface area contributed by atoms with Crippen molar-refractivity contribution in [1.29, 1.82) is 0 Å². The molecule has 1 aromatic carbocycles. The van der Waals surface area contributed by atoms with Crippen molar-refractivity contribution >= 4 is 46.0 Å². The predicted octanol–water partition coefficient (Wildman–Crippen LogP) is 6.10. The van der Waals surface area contributed by atoms with Crippen molar-refractivity contribution in [3.05, 3.63) is 45.5 Å². The molecule has 0 saturated carbocycles. The number of hydrogen-bond acceptors (Lipinski definition) is 10. The molecule has 0 spiro atoms. The minimum Gasteiger partial charge on any atom is -0.503 e. The number of nitrogens with zero attached hydrogens (tertiary/aromatic N) is 4. The predicted molar refractivity (Wildman–Crippen MR) is 168 cm³/mol. The Bertz CT molecular complexity index is 1680. The number of unbranched alkanes of at least 4 members (excludes halogenated alkanes) is 1. The van der Waals surface area contributed by atoms with Crippen LogP contribution in [0.15, 0.2) is 38.1 Å². The first kappa shape index (κ1) is 37.8. The summed E-state index contributed by atoms with van der Waals surface area (Å²) in [6, 6.07) is 2.61. The van der Waals surface area contributed by atoms with Crippen LogP contribution in [0.4, 0.5) is 17.1 Å². The zero-order valence-electron chi connectivity index (χ0n) is 26.3. The number of carbonyl (C=O) groups excluding carboxylic acids is 1. The van der Waals surface area contributed by atoms with Gasteiger partial charge in [0, 0.05) is 6.54 Å². The number of benzene rings is 1. The van der Waals surface area contributed by atoms with Gasteiger partial charge in [-0.15, -0.1) is 10.2 Å². The molecule has 3 N–H and O–H groups in total. The molecule has 0 aliphatic rings. The molecule has 2 atom stereocenters. The van der Waals surface area contributed by atoms with Crippen LogP contribution in [0.2, 0.25) is 0 Å². The first-order chi connectivity index (χ1) is 20.9. The molecule has 0 aliphatic heterocycles. The van der Waals surface area contributed by atoms with E-state index in [0.717, 1.165) is 42.0 Å². The van der Waals surface area contributed by atoms with E-state index < -0.39 is 63.0 Å². The Labute approximate surface area is 263 Å². The number of pyridine rings is 1. The van der Waals surface area contributed by atoms with Crippen LogP contribution in [0, 0.1) is 24.8 Å². The lowest BCUT2D eigenvalue weighted by Crippen LogP contribution is -2.27. The Morgan fingerprint density at radius 3 is 2.42 bits per heavy atom. The molecule has 0 amide bonds. The normalized spacial score (nSPS) is 14.2. The molecule has 0 radical (unpaired) electrons. The molecule has 2 unspecified atom stereocenters. The van der Waals surface area contributed by atoms with Gasteiger partial charge in [0.05, 0.1) is 23.9 Å². The van der Waals surface area contributed by atoms with E-state index >= 15 is 0 Å². The van der Waals surface area contributed by atoms with E-state index in [-0.39, 0.29) is 36.0 Å². The Hall–Kier alpha value is -3.41. The van der Waals surface area contributed by atoms with Crippen molar-refractivity contribution < 1.29 is 41.6 Å². The SMILES string of the molecule is [C-]#[N+]c1c(C)c(N=Nc2cc(P(=O)(O)OCCOC(=O)C(C)(C)CC)ccc2S(=O)(=O)O)c(=O)n(CC(CC)CCCC)c1O. The van der Waals surface area contributed by atoms with Crippen molar-refractivity contribution in [3.8, 4) is 5.88 Å². The topological polar surface area (TPSA) is 199 Å². The lowest BCUT2D eigenvalue weighted by atomic mass is 9.91. The molecule has 0 fully saturated rings. The van der Waals surface area contributed by atoms with Crippen LogP contribution < -0.4 is 10.9 Å². The van der Waals surface area contributed by atoms with Crippen LogP contribution in [0.5, 0.6) is 5.88 Å². The van der Waals surface area contributed by atoms with Gasteiger partial charge in [-0.25, -0.2) is 4.85 Å². The highest BCUT2D eigenvalue weighted by molar-refractivity contribution is 7.86. The summed E-state index contributed by atoms with van der Waals surface area (Å²) in [4.78, 5) is 38.7. The smallest absolute Gasteiger partial charge is 0.358 e. The summed E-state index contributed by atoms with van der Waals surface area (Å²) in [5.41, 5.74) is -2.75. The van der Waals surface area contributed by atoms with Gasteiger partial charge in [0.15, 0.2) is 5.88 Å². The summed E-state index contributed by atoms with van der Waals surface area (Å²) in [5.74, 6) is -1.02. The van der Waals surface area contributed by atoms with Crippen molar-refractivity contribution in [2.24, 2.45) is 21.6 Å². The van der Waals surface area contributed by atoms with Gasteiger partial charge in [0.2, 0.25) is 5.69 Å². The molecule has 1 aromatic heterocycles. The Morgan fingerprint density at radius 1 is 1.20 bits per heavy atom. The maximum Gasteiger partial charge on any atom is 0.358 e. The lowest BCUT2D eigenvalue weighted by Gasteiger charge is -2.20. The molecule has 16 heteroatoms. The van der Waals surface area contributed by atoms with Crippen molar-refractivity contribution in [1.82, 2.24) is 4.57 Å². The summed E-state index contributed by atoms with van der Waals surface area (Å²) >= 11 is 0. The lowest BCUT2D eigenvalue weighted by molar-refractivity contribution is -0.154. The number of esters is 1. The molecule has 2 aromatic rings. The second-order valence-corrected chi connectivity index (χ2v) is 14.3. The minimum absolute atomic E-state index is 0.0165. The number of hydrogen-bond donors (Lipinski definition) is 3. The second-order valence-electron chi connectivity index (χ2n) is 11.1. The molecule has 248 valence electrons. The largest absolute Gasteiger partial charge is 0.503 e. The highest BCUT2D eigenvalue weighted by Crippen LogP contribution is 2.43. The molecule has 45 heavy (non-hydrogen) atoms. The summed E-state index contributed by atoms with van der Waals surface area (Å²) in [5, 5.41) is 18.0. The van der Waals surface area contributed by atoms with Gasteiger partial charge in [-0.1, -0.05) is 40.0 Å². The number of rotatable bonds is 16. The van der Waals surface area contributed by atoms with Gasteiger partial charge in [0.1, 0.15) is 22.9 Å². The minimum atomic E-state index is -4.92. The Kier molecular flexibility index (Phi) is 13.2. The van der Waals surface area contributed by atoms with Gasteiger partial charge < -0.3 is 19.3 Å². The highest BCUT2D eigenvalue weighted by atomic mass is 32.2. The standard InChI is InChI=1S/C29H41N4O10PS/c1-8-11-12-20(9-2)18-33-26(34)24(30-7)19(4)25(27(33)35)32-31-22-17-21(13-14-23(22)45(39,40)41)44(37,38)43-16-15-42-28(36)29(5,6)10-3/h13-14,17,20,34H,8-12,15-16,18H2,1-6H3,(H,37,38)(H,39,40,41). The van der Waals surface area contributed by atoms with Crippen molar-refractivity contribution in [2.45, 2.75) is 85.1 Å². The van der Waals surface area contributed by atoms with Gasteiger partial charge in [-0.05, 0) is 63.3 Å². The average Bonchev–Trinajstić information content (AvgIpc) is 2.98. The maximum atomic E-state index is 13.4. The zero-order chi connectivity index (χ0) is 34.2. The monoisotopic (exact) mass is 668 g/mol. The Balaban J connectivity index is 2.52. The van der Waals surface area contributed by atoms with Gasteiger partial charge in [0.25, 0.3) is 15.7 Å². The summed E-state index contributed by atoms with van der Waals surface area (Å²) in [6.07, 6.45) is 3.83. The van der Waals surface area contributed by atoms with Crippen molar-refractivity contribution in [2.75, 3.05) is 13.2 Å². The molecule has 0 aliphatic carbocycles. The van der Waals surface area contributed by atoms with E-state index in [9.17, 15) is 37.1 Å². The third-order valence-corrected chi connectivity index (χ3v) is 9.91. The van der Waals surface area contributed by atoms with E-state index in [4.69, 9.17) is 15.8 Å². The van der Waals surface area contributed by atoms with Crippen LogP contribution >= 0.6 is 7.60 Å². The number of ether oxygens (including phenoxy) is 1. The molecule has 1 heterocycles. The fourth-order valence-corrected chi connectivity index (χ4v) is 5.80. The van der Waals surface area contributed by atoms with Gasteiger partial charge in [-0.3, -0.25) is 23.3 Å². The van der Waals surface area contributed by atoms with Crippen LogP contribution in [0.1, 0.15) is 72.3 Å². The van der Waals surface area contributed by atoms with Crippen LogP contribution in [-0.2, 0) is 35.3 Å². The summed E-state index contributed by atoms with van der Waals surface area (Å²) < 4.78 is 58.1. The molecular formula is C29H41N4O10PS. The number of aromatic hydroxyl groups is 1. The average molecular weight is 669 g/mol. The number of carbonyl (C=O) groups is 1. The maximum absolute atomic E-state index is 13.4. The fourth-order valence-electron chi connectivity index (χ4n) is 4.18. The number of azo groups is 1. The summed E-state index contributed by atoms with van der Waals surface area (Å²) in [6.45, 7) is 17.4. The molecular weight excluding hydrogens is 627 g/mol. The van der Waals surface area contributed by atoms with E-state index in [1.807, 2.05) is 20.8 Å². The second kappa shape index (κ2) is 15.7. The van der Waals surface area contributed by atoms with E-state index in [1.54, 1.807) is 13.8 Å². The van der Waals surface area contributed by atoms with E-state index in [0.29, 0.717) is 12.8 Å². The number of aromatic nitrogens is 1. The zero-order valence-corrected chi connectivity index (χ0v) is 28.0. The molecule has 0 bridgehead atoms. The van der Waals surface area contributed by atoms with Crippen LogP contribution in [0.25, 0.3) is 4.85 Å². The quantitative estimate of drug-likeness (QED) is 0.0469. The van der Waals surface area contributed by atoms with Gasteiger partial charge >= 0.3 is 13.6 Å². The first-order valence-electron chi connectivity index (χ1n) is 14.5. The highest BCUT2D eigenvalue weighted by Gasteiger charge is 2.29. The van der Waals surface area contributed by atoms with Crippen molar-refractivity contribution in [3.63, 3.8) is 0 Å². The fraction of sp³-hybridized carbons (Fsp3) is 0.552. The van der Waals surface area contributed by atoms with Crippen LogP contribution in [-0.4, -0.2) is 46.7 Å². The van der Waals surface area contributed by atoms with Crippen LogP contribution in [0.3, 0.4) is 0 Å². The van der Waals surface area contributed by atoms with E-state index in [1.165, 1.54) is 6.92 Å².